The highest BCUT2D eigenvalue weighted by Gasteiger charge is 2.21. The van der Waals surface area contributed by atoms with E-state index >= 15 is 0 Å². The second-order valence-corrected chi connectivity index (χ2v) is 5.39. The summed E-state index contributed by atoms with van der Waals surface area (Å²) in [6.07, 6.45) is 5.15. The fourth-order valence-electron chi connectivity index (χ4n) is 2.73. The number of aromatic nitrogens is 2. The first kappa shape index (κ1) is 14.3. The van der Waals surface area contributed by atoms with Crippen molar-refractivity contribution >= 4 is 5.95 Å². The van der Waals surface area contributed by atoms with Gasteiger partial charge in [0.2, 0.25) is 5.95 Å². The molecule has 0 aromatic carbocycles. The van der Waals surface area contributed by atoms with Crippen molar-refractivity contribution in [1.29, 1.82) is 0 Å². The van der Waals surface area contributed by atoms with Gasteiger partial charge >= 0.3 is 0 Å². The van der Waals surface area contributed by atoms with E-state index in [1.54, 1.807) is 7.11 Å². The Kier molecular flexibility index (Phi) is 5.22. The molecule has 0 amide bonds. The zero-order valence-electron chi connectivity index (χ0n) is 12.3. The van der Waals surface area contributed by atoms with Gasteiger partial charge in [-0.05, 0) is 32.4 Å². The van der Waals surface area contributed by atoms with Crippen LogP contribution in [0.5, 0.6) is 0 Å². The Morgan fingerprint density at radius 1 is 1.58 bits per heavy atom. The van der Waals surface area contributed by atoms with Crippen LogP contribution < -0.4 is 5.32 Å². The average Bonchev–Trinajstić information content (AvgIpc) is 3.05. The van der Waals surface area contributed by atoms with Crippen LogP contribution in [0.15, 0.2) is 12.4 Å². The average molecular weight is 266 g/mol. The lowest BCUT2D eigenvalue weighted by Crippen LogP contribution is -2.23. The first-order chi connectivity index (χ1) is 9.24. The Bertz CT molecular complexity index is 379. The maximum atomic E-state index is 5.21. The number of hydrogen-bond donors (Lipinski definition) is 1. The number of nitrogens with zero attached hydrogens (tertiary/aromatic N) is 3. The van der Waals surface area contributed by atoms with E-state index in [9.17, 15) is 0 Å². The Morgan fingerprint density at radius 2 is 2.42 bits per heavy atom. The van der Waals surface area contributed by atoms with E-state index in [0.29, 0.717) is 12.6 Å². The lowest BCUT2D eigenvalue weighted by atomic mass is 10.1. The van der Waals surface area contributed by atoms with Crippen LogP contribution in [0, 0.1) is 5.92 Å². The largest absolute Gasteiger partial charge is 0.383 e. The van der Waals surface area contributed by atoms with Crippen LogP contribution in [-0.4, -0.2) is 54.3 Å². The van der Waals surface area contributed by atoms with Gasteiger partial charge in [-0.15, -0.1) is 0 Å². The van der Waals surface area contributed by atoms with Crippen molar-refractivity contribution in [3.63, 3.8) is 0 Å². The Morgan fingerprint density at radius 3 is 3.11 bits per heavy atom. The molecule has 0 spiro atoms. The van der Waals surface area contributed by atoms with E-state index in [0.717, 1.165) is 25.0 Å². The van der Waals surface area contributed by atoms with Crippen molar-refractivity contribution in [3.8, 4) is 0 Å². The van der Waals surface area contributed by atoms with Gasteiger partial charge in [0.1, 0.15) is 0 Å². The highest BCUT2D eigenvalue weighted by atomic mass is 16.5. The molecule has 2 atom stereocenters. The molecule has 1 saturated heterocycles. The standard InChI is InChI=1S/C14H26N4O/c1-4-17-7-5-13(10-17)9-16-14-15-6-8-18(14)12(2)11-19-3/h6,8,12-13H,4-5,7,9-11H2,1-3H3,(H,15,16). The van der Waals surface area contributed by atoms with Gasteiger partial charge in [-0.2, -0.15) is 0 Å². The molecule has 1 aliphatic rings. The van der Waals surface area contributed by atoms with Crippen LogP contribution in [0.4, 0.5) is 5.95 Å². The summed E-state index contributed by atoms with van der Waals surface area (Å²) in [6, 6.07) is 0.311. The minimum atomic E-state index is 0.311. The lowest BCUT2D eigenvalue weighted by molar-refractivity contribution is 0.163. The van der Waals surface area contributed by atoms with Crippen LogP contribution in [-0.2, 0) is 4.74 Å². The zero-order valence-corrected chi connectivity index (χ0v) is 12.3. The number of anilines is 1. The fraction of sp³-hybridized carbons (Fsp3) is 0.786. The van der Waals surface area contributed by atoms with Gasteiger partial charge in [-0.3, -0.25) is 0 Å². The molecule has 0 bridgehead atoms. The highest BCUT2D eigenvalue weighted by Crippen LogP contribution is 2.18. The summed E-state index contributed by atoms with van der Waals surface area (Å²) in [5.41, 5.74) is 0. The van der Waals surface area contributed by atoms with Gasteiger partial charge < -0.3 is 19.5 Å². The monoisotopic (exact) mass is 266 g/mol. The van der Waals surface area contributed by atoms with Gasteiger partial charge in [-0.1, -0.05) is 6.92 Å². The molecule has 1 N–H and O–H groups in total. The summed E-state index contributed by atoms with van der Waals surface area (Å²) < 4.78 is 7.35. The van der Waals surface area contributed by atoms with Crippen LogP contribution in [0.3, 0.4) is 0 Å². The molecule has 2 rings (SSSR count). The predicted molar refractivity (Wildman–Crippen MR) is 77.5 cm³/mol. The van der Waals surface area contributed by atoms with Gasteiger partial charge in [0, 0.05) is 32.6 Å². The quantitative estimate of drug-likeness (QED) is 0.818. The number of methoxy groups -OCH3 is 1. The van der Waals surface area contributed by atoms with Crippen LogP contribution in [0.25, 0.3) is 0 Å². The fourth-order valence-corrected chi connectivity index (χ4v) is 2.73. The van der Waals surface area contributed by atoms with Gasteiger partial charge in [0.25, 0.3) is 0 Å². The van der Waals surface area contributed by atoms with E-state index in [2.05, 4.69) is 33.6 Å². The van der Waals surface area contributed by atoms with E-state index < -0.39 is 0 Å². The number of nitrogens with one attached hydrogen (secondary N) is 1. The number of rotatable bonds is 7. The molecule has 1 aliphatic heterocycles. The molecule has 1 fully saturated rings. The summed E-state index contributed by atoms with van der Waals surface area (Å²) in [6.45, 7) is 9.69. The van der Waals surface area contributed by atoms with Gasteiger partial charge in [-0.25, -0.2) is 4.98 Å². The topological polar surface area (TPSA) is 42.3 Å². The van der Waals surface area contributed by atoms with Crippen LogP contribution >= 0.6 is 0 Å². The molecule has 0 aliphatic carbocycles. The maximum absolute atomic E-state index is 5.21. The molecule has 0 radical (unpaired) electrons. The third kappa shape index (κ3) is 3.70. The van der Waals surface area contributed by atoms with Crippen molar-refractivity contribution in [2.75, 3.05) is 45.2 Å². The molecule has 0 saturated carbocycles. The molecule has 2 heterocycles. The molecular weight excluding hydrogens is 240 g/mol. The molecule has 1 aromatic rings. The Hall–Kier alpha value is -1.07. The number of likely N-dealkylation sites (tertiary alicyclic amines) is 1. The predicted octanol–water partition coefficient (Wildman–Crippen LogP) is 1.84. The number of hydrogen-bond acceptors (Lipinski definition) is 4. The summed E-state index contributed by atoms with van der Waals surface area (Å²) in [7, 11) is 1.73. The minimum Gasteiger partial charge on any atom is -0.383 e. The van der Waals surface area contributed by atoms with Crippen molar-refractivity contribution in [1.82, 2.24) is 14.5 Å². The van der Waals surface area contributed by atoms with E-state index in [4.69, 9.17) is 4.74 Å². The SMILES string of the molecule is CCN1CCC(CNc2nccn2C(C)COC)C1. The highest BCUT2D eigenvalue weighted by molar-refractivity contribution is 5.26. The third-order valence-corrected chi connectivity index (χ3v) is 3.92. The van der Waals surface area contributed by atoms with Crippen molar-refractivity contribution in [2.45, 2.75) is 26.3 Å². The van der Waals surface area contributed by atoms with Crippen molar-refractivity contribution in [2.24, 2.45) is 5.92 Å². The summed E-state index contributed by atoms with van der Waals surface area (Å²) in [4.78, 5) is 6.91. The van der Waals surface area contributed by atoms with Crippen LogP contribution in [0.1, 0.15) is 26.3 Å². The second-order valence-electron chi connectivity index (χ2n) is 5.39. The third-order valence-electron chi connectivity index (χ3n) is 3.92. The smallest absolute Gasteiger partial charge is 0.203 e. The molecule has 108 valence electrons. The van der Waals surface area contributed by atoms with Gasteiger partial charge in [0.15, 0.2) is 0 Å². The van der Waals surface area contributed by atoms with Crippen molar-refractivity contribution in [3.05, 3.63) is 12.4 Å². The number of imidazole rings is 1. The lowest BCUT2D eigenvalue weighted by Gasteiger charge is -2.18. The maximum Gasteiger partial charge on any atom is 0.203 e. The van der Waals surface area contributed by atoms with Crippen molar-refractivity contribution < 1.29 is 4.74 Å². The first-order valence-corrected chi connectivity index (χ1v) is 7.22. The normalized spacial score (nSPS) is 21.7. The molecule has 5 heteroatoms. The van der Waals surface area contributed by atoms with Gasteiger partial charge in [0.05, 0.1) is 12.6 Å². The molecule has 1 aromatic heterocycles. The van der Waals surface area contributed by atoms with Crippen LogP contribution in [0.2, 0.25) is 0 Å². The molecule has 5 nitrogen and oxygen atoms in total. The Balaban J connectivity index is 1.85. The summed E-state index contributed by atoms with van der Waals surface area (Å²) >= 11 is 0. The molecule has 2 unspecified atom stereocenters. The summed E-state index contributed by atoms with van der Waals surface area (Å²) in [5.74, 6) is 1.70. The molecular formula is C14H26N4O. The second kappa shape index (κ2) is 6.91. The minimum absolute atomic E-state index is 0.311. The van der Waals surface area contributed by atoms with E-state index in [1.165, 1.54) is 19.5 Å². The zero-order chi connectivity index (χ0) is 13.7. The number of ether oxygens (including phenoxy) is 1. The molecule has 19 heavy (non-hydrogen) atoms. The Labute approximate surface area is 116 Å². The summed E-state index contributed by atoms with van der Waals surface area (Å²) in [5, 5.41) is 3.49. The first-order valence-electron chi connectivity index (χ1n) is 7.22. The van der Waals surface area contributed by atoms with E-state index in [-0.39, 0.29) is 0 Å². The van der Waals surface area contributed by atoms with E-state index in [1.807, 2.05) is 12.4 Å².